The lowest BCUT2D eigenvalue weighted by Gasteiger charge is -2.14. The molecule has 6 nitrogen and oxygen atoms in total. The lowest BCUT2D eigenvalue weighted by atomic mass is 10.0. The molecule has 3 N–H and O–H groups in total. The van der Waals surface area contributed by atoms with Crippen LogP contribution in [0.2, 0.25) is 0 Å². The van der Waals surface area contributed by atoms with Crippen molar-refractivity contribution < 1.29 is 9.59 Å². The third-order valence-electron chi connectivity index (χ3n) is 3.60. The molecule has 0 radical (unpaired) electrons. The topological polar surface area (TPSA) is 92.1 Å². The molecule has 0 bridgehead atoms. The number of nitrogen functional groups attached to an aromatic ring is 1. The van der Waals surface area contributed by atoms with E-state index in [4.69, 9.17) is 5.73 Å². The third kappa shape index (κ3) is 1.77. The van der Waals surface area contributed by atoms with Gasteiger partial charge < -0.3 is 10.6 Å². The minimum atomic E-state index is 0.0378. The van der Waals surface area contributed by atoms with Crippen LogP contribution < -0.4 is 10.6 Å². The highest BCUT2D eigenvalue weighted by atomic mass is 16.2. The molecule has 0 spiro atoms. The van der Waals surface area contributed by atoms with Crippen LogP contribution in [0, 0.1) is 0 Å². The standard InChI is InChI=1S/C14H14N4O2/c1-8(20)18-5-4-9-6-10(2-3-12(9)18)13-11(7-19)14(15)17-16-13/h2-3,6-7H,4-5H2,1H3,(H3,15,16,17). The van der Waals surface area contributed by atoms with Crippen LogP contribution >= 0.6 is 0 Å². The minimum absolute atomic E-state index is 0.0378. The highest BCUT2D eigenvalue weighted by Gasteiger charge is 2.23. The van der Waals surface area contributed by atoms with Crippen molar-refractivity contribution in [3.8, 4) is 11.3 Å². The Labute approximate surface area is 115 Å². The van der Waals surface area contributed by atoms with Crippen LogP contribution in [0.4, 0.5) is 11.5 Å². The van der Waals surface area contributed by atoms with Crippen LogP contribution in [-0.2, 0) is 11.2 Å². The lowest BCUT2D eigenvalue weighted by molar-refractivity contribution is -0.116. The number of H-pyrrole nitrogens is 1. The van der Waals surface area contributed by atoms with Gasteiger partial charge in [0.25, 0.3) is 0 Å². The van der Waals surface area contributed by atoms with Gasteiger partial charge in [-0.3, -0.25) is 14.7 Å². The molecule has 2 aromatic rings. The number of carbonyl (C=O) groups excluding carboxylic acids is 2. The van der Waals surface area contributed by atoms with Crippen molar-refractivity contribution in [2.75, 3.05) is 17.2 Å². The van der Waals surface area contributed by atoms with Gasteiger partial charge in [-0.2, -0.15) is 5.10 Å². The molecule has 1 aromatic carbocycles. The molecule has 6 heteroatoms. The van der Waals surface area contributed by atoms with Crippen LogP contribution in [0.25, 0.3) is 11.3 Å². The number of anilines is 2. The highest BCUT2D eigenvalue weighted by Crippen LogP contribution is 2.33. The van der Waals surface area contributed by atoms with Crippen LogP contribution in [-0.4, -0.2) is 28.9 Å². The van der Waals surface area contributed by atoms with Gasteiger partial charge in [-0.05, 0) is 24.1 Å². The fraction of sp³-hybridized carbons (Fsp3) is 0.214. The molecular weight excluding hydrogens is 256 g/mol. The number of amides is 1. The molecule has 3 rings (SSSR count). The first-order valence-corrected chi connectivity index (χ1v) is 6.32. The molecule has 0 fully saturated rings. The molecule has 2 heterocycles. The molecule has 1 aromatic heterocycles. The second-order valence-electron chi connectivity index (χ2n) is 4.78. The molecule has 1 aliphatic heterocycles. The number of fused-ring (bicyclic) bond motifs is 1. The zero-order valence-corrected chi connectivity index (χ0v) is 11.0. The molecule has 0 atom stereocenters. The Morgan fingerprint density at radius 2 is 2.30 bits per heavy atom. The first kappa shape index (κ1) is 12.4. The maximum absolute atomic E-state index is 11.5. The number of nitrogens with two attached hydrogens (primary N) is 1. The number of aldehydes is 1. The van der Waals surface area contributed by atoms with Crippen molar-refractivity contribution in [3.05, 3.63) is 29.3 Å². The zero-order valence-electron chi connectivity index (χ0n) is 11.0. The van der Waals surface area contributed by atoms with E-state index in [-0.39, 0.29) is 11.7 Å². The summed E-state index contributed by atoms with van der Waals surface area (Å²) in [5.41, 5.74) is 9.48. The van der Waals surface area contributed by atoms with Crippen molar-refractivity contribution in [1.29, 1.82) is 0 Å². The Balaban J connectivity index is 2.06. The maximum Gasteiger partial charge on any atom is 0.223 e. The molecular formula is C14H14N4O2. The zero-order chi connectivity index (χ0) is 14.3. The molecule has 20 heavy (non-hydrogen) atoms. The number of benzene rings is 1. The van der Waals surface area contributed by atoms with E-state index in [9.17, 15) is 9.59 Å². The van der Waals surface area contributed by atoms with Crippen LogP contribution in [0.15, 0.2) is 18.2 Å². The minimum Gasteiger partial charge on any atom is -0.382 e. The Morgan fingerprint density at radius 3 is 3.00 bits per heavy atom. The molecule has 0 unspecified atom stereocenters. The largest absolute Gasteiger partial charge is 0.382 e. The average molecular weight is 270 g/mol. The average Bonchev–Trinajstić information content (AvgIpc) is 3.00. The van der Waals surface area contributed by atoms with E-state index in [0.717, 1.165) is 23.2 Å². The lowest BCUT2D eigenvalue weighted by Crippen LogP contribution is -2.25. The third-order valence-corrected chi connectivity index (χ3v) is 3.60. The molecule has 1 amide bonds. The molecule has 1 aliphatic rings. The highest BCUT2D eigenvalue weighted by molar-refractivity contribution is 5.95. The van der Waals surface area contributed by atoms with Crippen molar-refractivity contribution in [1.82, 2.24) is 10.2 Å². The van der Waals surface area contributed by atoms with E-state index >= 15 is 0 Å². The fourth-order valence-corrected chi connectivity index (χ4v) is 2.59. The summed E-state index contributed by atoms with van der Waals surface area (Å²) in [6.07, 6.45) is 1.51. The Kier molecular flexibility index (Phi) is 2.78. The monoisotopic (exact) mass is 270 g/mol. The predicted octanol–water partition coefficient (Wildman–Crippen LogP) is 1.38. The van der Waals surface area contributed by atoms with Gasteiger partial charge in [0.05, 0.1) is 11.3 Å². The number of carbonyl (C=O) groups is 2. The van der Waals surface area contributed by atoms with Crippen molar-refractivity contribution in [3.63, 3.8) is 0 Å². The van der Waals surface area contributed by atoms with Gasteiger partial charge in [0.1, 0.15) is 0 Å². The second kappa shape index (κ2) is 4.48. The molecule has 0 aliphatic carbocycles. The van der Waals surface area contributed by atoms with E-state index in [1.54, 1.807) is 11.8 Å². The van der Waals surface area contributed by atoms with E-state index in [1.807, 2.05) is 18.2 Å². The molecule has 0 saturated carbocycles. The number of aromatic nitrogens is 2. The van der Waals surface area contributed by atoms with Gasteiger partial charge in [-0.25, -0.2) is 0 Å². The second-order valence-corrected chi connectivity index (χ2v) is 4.78. The number of nitrogens with one attached hydrogen (secondary N) is 1. The quantitative estimate of drug-likeness (QED) is 0.806. The van der Waals surface area contributed by atoms with Crippen LogP contribution in [0.5, 0.6) is 0 Å². The molecule has 0 saturated heterocycles. The van der Waals surface area contributed by atoms with Crippen molar-refractivity contribution in [2.24, 2.45) is 0 Å². The van der Waals surface area contributed by atoms with E-state index in [0.29, 0.717) is 24.1 Å². The van der Waals surface area contributed by atoms with Gasteiger partial charge in [0.15, 0.2) is 12.1 Å². The van der Waals surface area contributed by atoms with Gasteiger partial charge in [0, 0.05) is 24.7 Å². The summed E-state index contributed by atoms with van der Waals surface area (Å²) in [4.78, 5) is 24.3. The Morgan fingerprint density at radius 1 is 1.50 bits per heavy atom. The Hall–Kier alpha value is -2.63. The van der Waals surface area contributed by atoms with Gasteiger partial charge in [-0.1, -0.05) is 6.07 Å². The summed E-state index contributed by atoms with van der Waals surface area (Å²) in [6.45, 7) is 2.25. The number of hydrogen-bond acceptors (Lipinski definition) is 4. The fourth-order valence-electron chi connectivity index (χ4n) is 2.59. The normalized spacial score (nSPS) is 13.3. The number of aromatic amines is 1. The van der Waals surface area contributed by atoms with Gasteiger partial charge >= 0.3 is 0 Å². The maximum atomic E-state index is 11.5. The summed E-state index contributed by atoms with van der Waals surface area (Å²) in [6, 6.07) is 5.73. The number of nitrogens with zero attached hydrogens (tertiary/aromatic N) is 2. The van der Waals surface area contributed by atoms with E-state index in [1.165, 1.54) is 0 Å². The van der Waals surface area contributed by atoms with Crippen LogP contribution in [0.3, 0.4) is 0 Å². The summed E-state index contributed by atoms with van der Waals surface area (Å²) in [5, 5.41) is 6.64. The summed E-state index contributed by atoms with van der Waals surface area (Å²) >= 11 is 0. The first-order valence-electron chi connectivity index (χ1n) is 6.32. The first-order chi connectivity index (χ1) is 9.61. The summed E-state index contributed by atoms with van der Waals surface area (Å²) in [5.74, 6) is 0.233. The Bertz CT molecular complexity index is 705. The van der Waals surface area contributed by atoms with Gasteiger partial charge in [0.2, 0.25) is 5.91 Å². The van der Waals surface area contributed by atoms with Gasteiger partial charge in [-0.15, -0.1) is 0 Å². The predicted molar refractivity (Wildman–Crippen MR) is 75.6 cm³/mol. The van der Waals surface area contributed by atoms with Crippen LogP contribution in [0.1, 0.15) is 22.8 Å². The SMILES string of the molecule is CC(=O)N1CCc2cc(-c3[nH]nc(N)c3C=O)ccc21. The van der Waals surface area contributed by atoms with Crippen molar-refractivity contribution in [2.45, 2.75) is 13.3 Å². The number of hydrogen-bond donors (Lipinski definition) is 2. The van der Waals surface area contributed by atoms with Crippen molar-refractivity contribution >= 4 is 23.7 Å². The smallest absolute Gasteiger partial charge is 0.223 e. The summed E-state index contributed by atoms with van der Waals surface area (Å²) < 4.78 is 0. The van der Waals surface area contributed by atoms with E-state index < -0.39 is 0 Å². The summed E-state index contributed by atoms with van der Waals surface area (Å²) in [7, 11) is 0. The molecule has 102 valence electrons. The van der Waals surface area contributed by atoms with E-state index in [2.05, 4.69) is 10.2 Å². The number of rotatable bonds is 2.